The summed E-state index contributed by atoms with van der Waals surface area (Å²) in [6, 6.07) is 27.6. The minimum absolute atomic E-state index is 0.177. The van der Waals surface area contributed by atoms with Crippen LogP contribution < -0.4 is 4.74 Å². The smallest absolute Gasteiger partial charge is 0.119 e. The van der Waals surface area contributed by atoms with Gasteiger partial charge in [0.2, 0.25) is 0 Å². The van der Waals surface area contributed by atoms with Gasteiger partial charge in [0.05, 0.1) is 0 Å². The average molecular weight is 416 g/mol. The van der Waals surface area contributed by atoms with Crippen molar-refractivity contribution in [3.8, 4) is 5.75 Å². The lowest BCUT2D eigenvalue weighted by Gasteiger charge is -2.18. The molecule has 3 rings (SSSR count). The molecular formula is C28H33NO2. The van der Waals surface area contributed by atoms with Crippen LogP contribution in [0.5, 0.6) is 5.75 Å². The summed E-state index contributed by atoms with van der Waals surface area (Å²) in [6.07, 6.45) is 1.54. The van der Waals surface area contributed by atoms with Gasteiger partial charge in [-0.2, -0.15) is 0 Å². The molecule has 0 saturated carbocycles. The second-order valence-electron chi connectivity index (χ2n) is 8.09. The van der Waals surface area contributed by atoms with Crippen LogP contribution in [0, 0.1) is 6.92 Å². The van der Waals surface area contributed by atoms with Crippen molar-refractivity contribution >= 4 is 11.1 Å². The van der Waals surface area contributed by atoms with E-state index in [2.05, 4.69) is 72.5 Å². The van der Waals surface area contributed by atoms with E-state index in [9.17, 15) is 5.11 Å². The SMILES string of the molecule is Cc1ccc(C(=C(CCCO)c2ccccc2)c2ccc(OCCN(C)C)cc2)cc1. The van der Waals surface area contributed by atoms with E-state index in [-0.39, 0.29) is 6.61 Å². The third kappa shape index (κ3) is 6.55. The van der Waals surface area contributed by atoms with Crippen molar-refractivity contribution in [2.24, 2.45) is 0 Å². The van der Waals surface area contributed by atoms with Gasteiger partial charge >= 0.3 is 0 Å². The van der Waals surface area contributed by atoms with E-state index in [4.69, 9.17) is 4.74 Å². The van der Waals surface area contributed by atoms with E-state index < -0.39 is 0 Å². The number of allylic oxidation sites excluding steroid dienone is 1. The number of nitrogens with zero attached hydrogens (tertiary/aromatic N) is 1. The summed E-state index contributed by atoms with van der Waals surface area (Å²) in [6.45, 7) is 3.83. The third-order valence-corrected chi connectivity index (χ3v) is 5.30. The van der Waals surface area contributed by atoms with Crippen LogP contribution >= 0.6 is 0 Å². The Balaban J connectivity index is 2.05. The molecule has 0 aliphatic carbocycles. The highest BCUT2D eigenvalue weighted by atomic mass is 16.5. The molecule has 3 nitrogen and oxygen atoms in total. The summed E-state index contributed by atoms with van der Waals surface area (Å²) < 4.78 is 5.89. The lowest BCUT2D eigenvalue weighted by atomic mass is 9.87. The number of rotatable bonds is 10. The maximum Gasteiger partial charge on any atom is 0.119 e. The number of ether oxygens (including phenoxy) is 1. The standard InChI is InChI=1S/C28H33NO2/c1-22-11-13-24(14-12-22)28(27(10-7-20-30)23-8-5-4-6-9-23)25-15-17-26(18-16-25)31-21-19-29(2)3/h4-6,8-9,11-18,30H,7,10,19-21H2,1-3H3. The van der Waals surface area contributed by atoms with Gasteiger partial charge < -0.3 is 14.7 Å². The van der Waals surface area contributed by atoms with Gasteiger partial charge in [0, 0.05) is 13.2 Å². The van der Waals surface area contributed by atoms with Crippen LogP contribution in [0.15, 0.2) is 78.9 Å². The van der Waals surface area contributed by atoms with Gasteiger partial charge in [-0.1, -0.05) is 72.3 Å². The van der Waals surface area contributed by atoms with E-state index in [0.717, 1.165) is 30.7 Å². The lowest BCUT2D eigenvalue weighted by Crippen LogP contribution is -2.19. The molecule has 0 spiro atoms. The molecule has 0 heterocycles. The van der Waals surface area contributed by atoms with Gasteiger partial charge in [-0.15, -0.1) is 0 Å². The molecule has 3 aromatic carbocycles. The second kappa shape index (κ2) is 11.5. The summed E-state index contributed by atoms with van der Waals surface area (Å²) in [4.78, 5) is 2.11. The first-order chi connectivity index (χ1) is 15.1. The molecule has 3 aromatic rings. The fourth-order valence-corrected chi connectivity index (χ4v) is 3.61. The van der Waals surface area contributed by atoms with Crippen molar-refractivity contribution in [1.29, 1.82) is 0 Å². The number of hydrogen-bond donors (Lipinski definition) is 1. The van der Waals surface area contributed by atoms with Crippen LogP contribution in [0.25, 0.3) is 11.1 Å². The first kappa shape index (κ1) is 22.8. The Bertz CT molecular complexity index is 958. The molecule has 0 fully saturated rings. The van der Waals surface area contributed by atoms with Crippen molar-refractivity contribution in [3.05, 3.63) is 101 Å². The monoisotopic (exact) mass is 415 g/mol. The summed E-state index contributed by atoms with van der Waals surface area (Å²) in [5.41, 5.74) is 7.23. The zero-order chi connectivity index (χ0) is 22.1. The number of likely N-dealkylation sites (N-methyl/N-ethyl adjacent to an activating group) is 1. The number of aryl methyl sites for hydroxylation is 1. The lowest BCUT2D eigenvalue weighted by molar-refractivity contribution is 0.261. The van der Waals surface area contributed by atoms with Gasteiger partial charge in [-0.3, -0.25) is 0 Å². The molecule has 1 N–H and O–H groups in total. The van der Waals surface area contributed by atoms with Crippen LogP contribution in [0.1, 0.15) is 35.1 Å². The molecule has 0 aliphatic heterocycles. The van der Waals surface area contributed by atoms with Crippen molar-refractivity contribution in [2.75, 3.05) is 33.9 Å². The number of aliphatic hydroxyl groups excluding tert-OH is 1. The highest BCUT2D eigenvalue weighted by molar-refractivity contribution is 5.98. The molecule has 0 radical (unpaired) electrons. The third-order valence-electron chi connectivity index (χ3n) is 5.30. The van der Waals surface area contributed by atoms with E-state index in [1.54, 1.807) is 0 Å². The van der Waals surface area contributed by atoms with E-state index in [0.29, 0.717) is 6.61 Å². The molecule has 0 unspecified atom stereocenters. The van der Waals surface area contributed by atoms with Crippen LogP contribution in [-0.4, -0.2) is 43.9 Å². The number of aliphatic hydroxyl groups is 1. The van der Waals surface area contributed by atoms with Crippen molar-refractivity contribution in [2.45, 2.75) is 19.8 Å². The van der Waals surface area contributed by atoms with E-state index >= 15 is 0 Å². The van der Waals surface area contributed by atoms with Crippen molar-refractivity contribution in [1.82, 2.24) is 4.90 Å². The Kier molecular flexibility index (Phi) is 8.45. The quantitative estimate of drug-likeness (QED) is 0.433. The zero-order valence-corrected chi connectivity index (χ0v) is 18.8. The maximum absolute atomic E-state index is 9.54. The highest BCUT2D eigenvalue weighted by Gasteiger charge is 2.14. The summed E-state index contributed by atoms with van der Waals surface area (Å²) in [5, 5.41) is 9.54. The normalized spacial score (nSPS) is 12.0. The van der Waals surface area contributed by atoms with E-state index in [1.807, 2.05) is 32.3 Å². The van der Waals surface area contributed by atoms with Gasteiger partial charge in [-0.25, -0.2) is 0 Å². The molecule has 0 aliphatic rings. The number of benzene rings is 3. The van der Waals surface area contributed by atoms with Crippen molar-refractivity contribution < 1.29 is 9.84 Å². The molecular weight excluding hydrogens is 382 g/mol. The van der Waals surface area contributed by atoms with Gasteiger partial charge in [0.15, 0.2) is 0 Å². The molecule has 0 bridgehead atoms. The highest BCUT2D eigenvalue weighted by Crippen LogP contribution is 2.35. The minimum atomic E-state index is 0.177. The predicted octanol–water partition coefficient (Wildman–Crippen LogP) is 5.67. The Morgan fingerprint density at radius 2 is 1.42 bits per heavy atom. The summed E-state index contributed by atoms with van der Waals surface area (Å²) in [7, 11) is 4.09. The van der Waals surface area contributed by atoms with Gasteiger partial charge in [0.25, 0.3) is 0 Å². The summed E-state index contributed by atoms with van der Waals surface area (Å²) >= 11 is 0. The van der Waals surface area contributed by atoms with Crippen molar-refractivity contribution in [3.63, 3.8) is 0 Å². The topological polar surface area (TPSA) is 32.7 Å². The Morgan fingerprint density at radius 1 is 0.806 bits per heavy atom. The Labute approximate surface area is 186 Å². The Morgan fingerprint density at radius 3 is 2.00 bits per heavy atom. The molecule has 0 amide bonds. The van der Waals surface area contributed by atoms with Gasteiger partial charge in [0.1, 0.15) is 12.4 Å². The van der Waals surface area contributed by atoms with Crippen LogP contribution in [0.2, 0.25) is 0 Å². The second-order valence-corrected chi connectivity index (χ2v) is 8.09. The Hall–Kier alpha value is -2.88. The van der Waals surface area contributed by atoms with E-state index in [1.165, 1.54) is 27.8 Å². The summed E-state index contributed by atoms with van der Waals surface area (Å²) in [5.74, 6) is 0.880. The molecule has 3 heteroatoms. The van der Waals surface area contributed by atoms with Crippen LogP contribution in [0.4, 0.5) is 0 Å². The van der Waals surface area contributed by atoms with Crippen LogP contribution in [0.3, 0.4) is 0 Å². The molecule has 0 atom stereocenters. The van der Waals surface area contributed by atoms with Crippen LogP contribution in [-0.2, 0) is 0 Å². The predicted molar refractivity (Wildman–Crippen MR) is 130 cm³/mol. The molecule has 31 heavy (non-hydrogen) atoms. The molecule has 162 valence electrons. The largest absolute Gasteiger partial charge is 0.492 e. The minimum Gasteiger partial charge on any atom is -0.492 e. The average Bonchev–Trinajstić information content (AvgIpc) is 2.79. The number of hydrogen-bond acceptors (Lipinski definition) is 3. The first-order valence-electron chi connectivity index (χ1n) is 10.9. The fourth-order valence-electron chi connectivity index (χ4n) is 3.61. The molecule has 0 aromatic heterocycles. The first-order valence-corrected chi connectivity index (χ1v) is 10.9. The molecule has 0 saturated heterocycles. The fraction of sp³-hybridized carbons (Fsp3) is 0.286. The van der Waals surface area contributed by atoms with Gasteiger partial charge in [-0.05, 0) is 73.8 Å². The maximum atomic E-state index is 9.54. The zero-order valence-electron chi connectivity index (χ0n) is 18.8.